The molecule has 0 saturated carbocycles. The molecule has 1 aromatic carbocycles. The molecule has 0 spiro atoms. The SMILES string of the molecule is NNc1nc(C(=O)Nc2ncc[nH]2)cc2ccccc12. The zero-order valence-electron chi connectivity index (χ0n) is 10.4. The summed E-state index contributed by atoms with van der Waals surface area (Å²) in [4.78, 5) is 23.1. The highest BCUT2D eigenvalue weighted by molar-refractivity contribution is 6.05. The molecule has 2 heterocycles. The van der Waals surface area contributed by atoms with Crippen molar-refractivity contribution >= 4 is 28.4 Å². The first kappa shape index (κ1) is 12.1. The Bertz CT molecular complexity index is 753. The average molecular weight is 268 g/mol. The molecule has 0 aliphatic heterocycles. The average Bonchev–Trinajstić information content (AvgIpc) is 2.99. The van der Waals surface area contributed by atoms with Crippen molar-refractivity contribution in [2.24, 2.45) is 5.84 Å². The molecule has 0 radical (unpaired) electrons. The summed E-state index contributed by atoms with van der Waals surface area (Å²) >= 11 is 0. The molecule has 100 valence electrons. The van der Waals surface area contributed by atoms with Gasteiger partial charge in [-0.15, -0.1) is 0 Å². The number of aromatic amines is 1. The minimum Gasteiger partial charge on any atom is -0.331 e. The number of benzene rings is 1. The van der Waals surface area contributed by atoms with E-state index in [9.17, 15) is 4.79 Å². The molecule has 3 rings (SSSR count). The monoisotopic (exact) mass is 268 g/mol. The normalized spacial score (nSPS) is 10.4. The molecule has 20 heavy (non-hydrogen) atoms. The molecule has 7 nitrogen and oxygen atoms in total. The summed E-state index contributed by atoms with van der Waals surface area (Å²) in [5.41, 5.74) is 2.77. The Morgan fingerprint density at radius 1 is 1.30 bits per heavy atom. The minimum absolute atomic E-state index is 0.257. The van der Waals surface area contributed by atoms with Crippen LogP contribution in [0, 0.1) is 0 Å². The van der Waals surface area contributed by atoms with Crippen molar-refractivity contribution in [1.82, 2.24) is 15.0 Å². The lowest BCUT2D eigenvalue weighted by Gasteiger charge is -2.08. The summed E-state index contributed by atoms with van der Waals surface area (Å²) in [7, 11) is 0. The van der Waals surface area contributed by atoms with Crippen LogP contribution in [0.2, 0.25) is 0 Å². The number of carbonyl (C=O) groups is 1. The molecule has 0 bridgehead atoms. The van der Waals surface area contributed by atoms with Gasteiger partial charge in [-0.05, 0) is 11.5 Å². The summed E-state index contributed by atoms with van der Waals surface area (Å²) in [5.74, 6) is 5.92. The van der Waals surface area contributed by atoms with E-state index in [1.54, 1.807) is 18.5 Å². The van der Waals surface area contributed by atoms with Gasteiger partial charge in [0.2, 0.25) is 5.95 Å². The van der Waals surface area contributed by atoms with Crippen molar-refractivity contribution in [3.63, 3.8) is 0 Å². The van der Waals surface area contributed by atoms with Crippen LogP contribution in [0.1, 0.15) is 10.5 Å². The second-order valence-corrected chi connectivity index (χ2v) is 4.11. The van der Waals surface area contributed by atoms with E-state index in [0.717, 1.165) is 10.8 Å². The van der Waals surface area contributed by atoms with Crippen molar-refractivity contribution < 1.29 is 4.79 Å². The van der Waals surface area contributed by atoms with E-state index in [2.05, 4.69) is 25.7 Å². The second-order valence-electron chi connectivity index (χ2n) is 4.11. The highest BCUT2D eigenvalue weighted by Crippen LogP contribution is 2.22. The number of imidazole rings is 1. The van der Waals surface area contributed by atoms with Crippen LogP contribution in [-0.2, 0) is 0 Å². The number of pyridine rings is 1. The molecule has 2 aromatic heterocycles. The van der Waals surface area contributed by atoms with E-state index >= 15 is 0 Å². The third-order valence-electron chi connectivity index (χ3n) is 2.84. The molecule has 0 fully saturated rings. The van der Waals surface area contributed by atoms with Crippen LogP contribution in [0.25, 0.3) is 10.8 Å². The van der Waals surface area contributed by atoms with Gasteiger partial charge in [-0.3, -0.25) is 10.1 Å². The van der Waals surface area contributed by atoms with Gasteiger partial charge in [0.05, 0.1) is 0 Å². The smallest absolute Gasteiger partial charge is 0.276 e. The van der Waals surface area contributed by atoms with Gasteiger partial charge in [0.15, 0.2) is 0 Å². The molecule has 0 saturated heterocycles. The molecule has 0 aliphatic carbocycles. The van der Waals surface area contributed by atoms with E-state index in [1.165, 1.54) is 0 Å². The highest BCUT2D eigenvalue weighted by atomic mass is 16.2. The number of amides is 1. The van der Waals surface area contributed by atoms with Gasteiger partial charge < -0.3 is 10.4 Å². The lowest BCUT2D eigenvalue weighted by Crippen LogP contribution is -2.17. The van der Waals surface area contributed by atoms with Gasteiger partial charge in [-0.2, -0.15) is 0 Å². The van der Waals surface area contributed by atoms with Crippen LogP contribution in [0.4, 0.5) is 11.8 Å². The van der Waals surface area contributed by atoms with Crippen molar-refractivity contribution in [2.45, 2.75) is 0 Å². The Kier molecular flexibility index (Phi) is 3.02. The Balaban J connectivity index is 2.01. The number of H-pyrrole nitrogens is 1. The molecule has 1 amide bonds. The zero-order chi connectivity index (χ0) is 13.9. The molecular weight excluding hydrogens is 256 g/mol. The Hall–Kier alpha value is -2.93. The summed E-state index contributed by atoms with van der Waals surface area (Å²) in [6, 6.07) is 9.24. The maximum Gasteiger partial charge on any atom is 0.276 e. The molecule has 3 aromatic rings. The van der Waals surface area contributed by atoms with Gasteiger partial charge in [-0.25, -0.2) is 15.8 Å². The Morgan fingerprint density at radius 2 is 2.15 bits per heavy atom. The number of carbonyl (C=O) groups excluding carboxylic acids is 1. The van der Waals surface area contributed by atoms with Crippen LogP contribution < -0.4 is 16.6 Å². The summed E-state index contributed by atoms with van der Waals surface area (Å²) in [5, 5.41) is 4.34. The predicted molar refractivity (Wildman–Crippen MR) is 76.1 cm³/mol. The van der Waals surface area contributed by atoms with Crippen molar-refractivity contribution in [2.75, 3.05) is 10.7 Å². The molecule has 0 unspecified atom stereocenters. The predicted octanol–water partition coefficient (Wildman–Crippen LogP) is 1.50. The van der Waals surface area contributed by atoms with Crippen LogP contribution in [0.5, 0.6) is 0 Å². The molecular formula is C13H12N6O. The number of nitrogens with one attached hydrogen (secondary N) is 3. The van der Waals surface area contributed by atoms with E-state index in [-0.39, 0.29) is 11.6 Å². The Morgan fingerprint density at radius 3 is 2.90 bits per heavy atom. The first-order valence-electron chi connectivity index (χ1n) is 5.95. The van der Waals surface area contributed by atoms with E-state index in [1.807, 2.05) is 24.3 Å². The number of nitrogens with zero attached hydrogens (tertiary/aromatic N) is 2. The number of aromatic nitrogens is 3. The summed E-state index contributed by atoms with van der Waals surface area (Å²) in [6.45, 7) is 0. The largest absolute Gasteiger partial charge is 0.331 e. The van der Waals surface area contributed by atoms with Gasteiger partial charge in [0, 0.05) is 17.8 Å². The number of fused-ring (bicyclic) bond motifs is 1. The number of hydrogen-bond acceptors (Lipinski definition) is 5. The first-order chi connectivity index (χ1) is 9.78. The van der Waals surface area contributed by atoms with Gasteiger partial charge in [0.1, 0.15) is 11.5 Å². The molecule has 0 atom stereocenters. The lowest BCUT2D eigenvalue weighted by atomic mass is 10.1. The van der Waals surface area contributed by atoms with E-state index < -0.39 is 0 Å². The number of hydrogen-bond donors (Lipinski definition) is 4. The number of nitrogens with two attached hydrogens (primary N) is 1. The highest BCUT2D eigenvalue weighted by Gasteiger charge is 2.12. The fraction of sp³-hybridized carbons (Fsp3) is 0. The van der Waals surface area contributed by atoms with E-state index in [4.69, 9.17) is 5.84 Å². The van der Waals surface area contributed by atoms with Gasteiger partial charge in [0.25, 0.3) is 5.91 Å². The van der Waals surface area contributed by atoms with Crippen LogP contribution >= 0.6 is 0 Å². The fourth-order valence-electron chi connectivity index (χ4n) is 1.93. The zero-order valence-corrected chi connectivity index (χ0v) is 10.4. The number of nitrogen functional groups attached to an aromatic ring is 1. The third-order valence-corrected chi connectivity index (χ3v) is 2.84. The van der Waals surface area contributed by atoms with Gasteiger partial charge >= 0.3 is 0 Å². The first-order valence-corrected chi connectivity index (χ1v) is 5.95. The third kappa shape index (κ3) is 2.17. The van der Waals surface area contributed by atoms with Crippen LogP contribution in [-0.4, -0.2) is 20.9 Å². The molecule has 7 heteroatoms. The standard InChI is InChI=1S/C13H12N6O/c14-19-11-9-4-2-1-3-8(9)7-10(17-11)12(20)18-13-15-5-6-16-13/h1-7H,14H2,(H,17,19)(H2,15,16,18,20). The van der Waals surface area contributed by atoms with Crippen molar-refractivity contribution in [3.05, 3.63) is 48.4 Å². The number of rotatable bonds is 3. The number of anilines is 2. The van der Waals surface area contributed by atoms with E-state index in [0.29, 0.717) is 11.8 Å². The summed E-state index contributed by atoms with van der Waals surface area (Å²) in [6.07, 6.45) is 3.17. The molecule has 5 N–H and O–H groups in total. The maximum atomic E-state index is 12.1. The number of hydrazine groups is 1. The summed E-state index contributed by atoms with van der Waals surface area (Å²) < 4.78 is 0. The molecule has 0 aliphatic rings. The second kappa shape index (κ2) is 4.98. The topological polar surface area (TPSA) is 109 Å². The quantitative estimate of drug-likeness (QED) is 0.425. The Labute approximate surface area is 114 Å². The minimum atomic E-state index is -0.359. The maximum absolute atomic E-state index is 12.1. The lowest BCUT2D eigenvalue weighted by molar-refractivity contribution is 0.102. The van der Waals surface area contributed by atoms with Gasteiger partial charge in [-0.1, -0.05) is 24.3 Å². The van der Waals surface area contributed by atoms with Crippen molar-refractivity contribution in [3.8, 4) is 0 Å². The van der Waals surface area contributed by atoms with Crippen molar-refractivity contribution in [1.29, 1.82) is 0 Å². The van der Waals surface area contributed by atoms with Crippen LogP contribution in [0.15, 0.2) is 42.7 Å². The fourth-order valence-corrected chi connectivity index (χ4v) is 1.93. The van der Waals surface area contributed by atoms with Crippen LogP contribution in [0.3, 0.4) is 0 Å².